The summed E-state index contributed by atoms with van der Waals surface area (Å²) in [5.41, 5.74) is 7.92. The van der Waals surface area contributed by atoms with Crippen LogP contribution in [0, 0.1) is 11.6 Å². The van der Waals surface area contributed by atoms with Gasteiger partial charge in [0.15, 0.2) is 0 Å². The Hall–Kier alpha value is -1.74. The second kappa shape index (κ2) is 4.98. The highest BCUT2D eigenvalue weighted by molar-refractivity contribution is 5.44. The van der Waals surface area contributed by atoms with Crippen molar-refractivity contribution >= 4 is 0 Å². The van der Waals surface area contributed by atoms with Crippen LogP contribution < -0.4 is 5.73 Å². The van der Waals surface area contributed by atoms with Crippen molar-refractivity contribution in [2.24, 2.45) is 5.73 Å². The SMILES string of the molecule is NC1(c2cc(F)ccc2F)CCCCc2ccccc21. The molecule has 2 aromatic rings. The van der Waals surface area contributed by atoms with Crippen molar-refractivity contribution in [3.63, 3.8) is 0 Å². The van der Waals surface area contributed by atoms with Gasteiger partial charge in [-0.15, -0.1) is 0 Å². The summed E-state index contributed by atoms with van der Waals surface area (Å²) in [6.07, 6.45) is 3.49. The molecule has 3 rings (SSSR count). The van der Waals surface area contributed by atoms with Gasteiger partial charge in [-0.05, 0) is 48.6 Å². The summed E-state index contributed by atoms with van der Waals surface area (Å²) >= 11 is 0. The van der Waals surface area contributed by atoms with E-state index in [2.05, 4.69) is 0 Å². The summed E-state index contributed by atoms with van der Waals surface area (Å²) in [4.78, 5) is 0. The largest absolute Gasteiger partial charge is 0.318 e. The molecule has 20 heavy (non-hydrogen) atoms. The molecule has 0 radical (unpaired) electrons. The summed E-state index contributed by atoms with van der Waals surface area (Å²) in [5.74, 6) is -0.890. The Labute approximate surface area is 117 Å². The number of nitrogens with two attached hydrogens (primary N) is 1. The van der Waals surface area contributed by atoms with Gasteiger partial charge in [-0.25, -0.2) is 8.78 Å². The Kier molecular flexibility index (Phi) is 3.30. The normalized spacial score (nSPS) is 22.1. The van der Waals surface area contributed by atoms with E-state index in [1.54, 1.807) is 0 Å². The number of halogens is 2. The first-order chi connectivity index (χ1) is 9.61. The minimum absolute atomic E-state index is 0.256. The van der Waals surface area contributed by atoms with Gasteiger partial charge < -0.3 is 5.73 Å². The monoisotopic (exact) mass is 273 g/mol. The molecule has 0 spiro atoms. The minimum Gasteiger partial charge on any atom is -0.318 e. The van der Waals surface area contributed by atoms with Crippen molar-refractivity contribution in [3.8, 4) is 0 Å². The van der Waals surface area contributed by atoms with Crippen LogP contribution in [-0.4, -0.2) is 0 Å². The fourth-order valence-corrected chi connectivity index (χ4v) is 3.15. The van der Waals surface area contributed by atoms with Gasteiger partial charge in [0.1, 0.15) is 11.6 Å². The van der Waals surface area contributed by atoms with Crippen LogP contribution in [0.5, 0.6) is 0 Å². The van der Waals surface area contributed by atoms with Crippen molar-refractivity contribution < 1.29 is 8.78 Å². The fraction of sp³-hybridized carbons (Fsp3) is 0.294. The van der Waals surface area contributed by atoms with Gasteiger partial charge in [0.25, 0.3) is 0 Å². The molecule has 0 bridgehead atoms. The van der Waals surface area contributed by atoms with E-state index < -0.39 is 17.2 Å². The highest BCUT2D eigenvalue weighted by Crippen LogP contribution is 2.38. The minimum atomic E-state index is -0.945. The summed E-state index contributed by atoms with van der Waals surface area (Å²) in [5, 5.41) is 0. The van der Waals surface area contributed by atoms with Crippen LogP contribution in [-0.2, 0) is 12.0 Å². The zero-order valence-electron chi connectivity index (χ0n) is 11.2. The molecule has 3 heteroatoms. The number of hydrogen-bond donors (Lipinski definition) is 1. The van der Waals surface area contributed by atoms with Crippen LogP contribution in [0.3, 0.4) is 0 Å². The Morgan fingerprint density at radius 3 is 2.60 bits per heavy atom. The van der Waals surface area contributed by atoms with E-state index >= 15 is 0 Å². The molecule has 104 valence electrons. The lowest BCUT2D eigenvalue weighted by atomic mass is 9.79. The van der Waals surface area contributed by atoms with Crippen molar-refractivity contribution in [2.75, 3.05) is 0 Å². The molecule has 1 aliphatic carbocycles. The molecule has 2 aromatic carbocycles. The lowest BCUT2D eigenvalue weighted by Crippen LogP contribution is -2.39. The molecular formula is C17H17F2N. The Morgan fingerprint density at radius 2 is 1.75 bits per heavy atom. The van der Waals surface area contributed by atoms with Gasteiger partial charge in [-0.1, -0.05) is 30.7 Å². The maximum absolute atomic E-state index is 14.2. The molecular weight excluding hydrogens is 256 g/mol. The lowest BCUT2D eigenvalue weighted by Gasteiger charge is -2.31. The first kappa shape index (κ1) is 13.3. The number of hydrogen-bond acceptors (Lipinski definition) is 1. The average Bonchev–Trinajstić information content (AvgIpc) is 2.62. The zero-order valence-corrected chi connectivity index (χ0v) is 11.2. The molecule has 0 saturated carbocycles. The van der Waals surface area contributed by atoms with E-state index in [0.717, 1.165) is 42.5 Å². The molecule has 0 aromatic heterocycles. The lowest BCUT2D eigenvalue weighted by molar-refractivity contribution is 0.447. The number of rotatable bonds is 1. The molecule has 0 amide bonds. The van der Waals surface area contributed by atoms with Crippen molar-refractivity contribution in [1.29, 1.82) is 0 Å². The topological polar surface area (TPSA) is 26.0 Å². The maximum Gasteiger partial charge on any atom is 0.128 e. The zero-order chi connectivity index (χ0) is 14.2. The first-order valence-corrected chi connectivity index (χ1v) is 6.94. The van der Waals surface area contributed by atoms with Crippen LogP contribution in [0.2, 0.25) is 0 Å². The summed E-state index contributed by atoms with van der Waals surface area (Å²) in [7, 11) is 0. The second-order valence-electron chi connectivity index (χ2n) is 5.46. The van der Waals surface area contributed by atoms with Crippen LogP contribution in [0.4, 0.5) is 8.78 Å². The molecule has 0 aliphatic heterocycles. The molecule has 0 fully saturated rings. The van der Waals surface area contributed by atoms with Crippen molar-refractivity contribution in [1.82, 2.24) is 0 Å². The van der Waals surface area contributed by atoms with Gasteiger partial charge in [0.2, 0.25) is 0 Å². The van der Waals surface area contributed by atoms with E-state index in [4.69, 9.17) is 5.73 Å². The molecule has 0 saturated heterocycles. The summed E-state index contributed by atoms with van der Waals surface area (Å²) in [6.45, 7) is 0. The van der Waals surface area contributed by atoms with Crippen LogP contribution in [0.15, 0.2) is 42.5 Å². The Morgan fingerprint density at radius 1 is 0.950 bits per heavy atom. The van der Waals surface area contributed by atoms with Gasteiger partial charge in [-0.2, -0.15) is 0 Å². The summed E-state index contributed by atoms with van der Waals surface area (Å²) < 4.78 is 27.7. The molecule has 2 N–H and O–H groups in total. The first-order valence-electron chi connectivity index (χ1n) is 6.94. The predicted octanol–water partition coefficient (Wildman–Crippen LogP) is 3.89. The molecule has 0 heterocycles. The highest BCUT2D eigenvalue weighted by Gasteiger charge is 2.35. The average molecular weight is 273 g/mol. The van der Waals surface area contributed by atoms with E-state index in [1.165, 1.54) is 6.07 Å². The number of benzene rings is 2. The molecule has 1 aliphatic rings. The van der Waals surface area contributed by atoms with Crippen LogP contribution in [0.25, 0.3) is 0 Å². The van der Waals surface area contributed by atoms with Crippen molar-refractivity contribution in [2.45, 2.75) is 31.2 Å². The second-order valence-corrected chi connectivity index (χ2v) is 5.46. The maximum atomic E-state index is 14.2. The highest BCUT2D eigenvalue weighted by atomic mass is 19.1. The standard InChI is InChI=1S/C17H17F2N/c18-13-8-9-16(19)15(11-13)17(20)10-4-3-6-12-5-1-2-7-14(12)17/h1-2,5,7-9,11H,3-4,6,10,20H2. The van der Waals surface area contributed by atoms with Gasteiger partial charge in [0, 0.05) is 5.56 Å². The Balaban J connectivity index is 2.22. The van der Waals surface area contributed by atoms with Crippen molar-refractivity contribution in [3.05, 3.63) is 70.8 Å². The van der Waals surface area contributed by atoms with E-state index in [9.17, 15) is 8.78 Å². The van der Waals surface area contributed by atoms with Gasteiger partial charge in [-0.3, -0.25) is 0 Å². The molecule has 1 atom stereocenters. The predicted molar refractivity (Wildman–Crippen MR) is 75.3 cm³/mol. The van der Waals surface area contributed by atoms with Gasteiger partial charge >= 0.3 is 0 Å². The number of aryl methyl sites for hydroxylation is 1. The van der Waals surface area contributed by atoms with Crippen LogP contribution >= 0.6 is 0 Å². The van der Waals surface area contributed by atoms with E-state index in [0.29, 0.717) is 6.42 Å². The third kappa shape index (κ3) is 2.12. The third-order valence-corrected chi connectivity index (χ3v) is 4.17. The Bertz CT molecular complexity index is 639. The third-order valence-electron chi connectivity index (χ3n) is 4.17. The smallest absolute Gasteiger partial charge is 0.128 e. The number of fused-ring (bicyclic) bond motifs is 1. The van der Waals surface area contributed by atoms with E-state index in [1.807, 2.05) is 24.3 Å². The van der Waals surface area contributed by atoms with Crippen LogP contribution in [0.1, 0.15) is 36.0 Å². The van der Waals surface area contributed by atoms with Gasteiger partial charge in [0.05, 0.1) is 5.54 Å². The summed E-state index contributed by atoms with van der Waals surface area (Å²) in [6, 6.07) is 11.4. The molecule has 1 unspecified atom stereocenters. The molecule has 1 nitrogen and oxygen atoms in total. The quantitative estimate of drug-likeness (QED) is 0.784. The fourth-order valence-electron chi connectivity index (χ4n) is 3.15. The van der Waals surface area contributed by atoms with E-state index in [-0.39, 0.29) is 5.56 Å².